The molecule has 2 heterocycles. The van der Waals surface area contributed by atoms with Gasteiger partial charge in [-0.05, 0) is 37.5 Å². The maximum absolute atomic E-state index is 13.0. The van der Waals surface area contributed by atoms with Gasteiger partial charge in [-0.15, -0.1) is 5.10 Å². The smallest absolute Gasteiger partial charge is 0.378 e. The van der Waals surface area contributed by atoms with Gasteiger partial charge < -0.3 is 9.64 Å². The largest absolute Gasteiger partial charge is 0.450 e. The highest BCUT2D eigenvalue weighted by Gasteiger charge is 2.20. The van der Waals surface area contributed by atoms with Crippen LogP contribution in [0.2, 0.25) is 0 Å². The average molecular weight is 444 g/mol. The van der Waals surface area contributed by atoms with Gasteiger partial charge in [-0.3, -0.25) is 4.79 Å². The Morgan fingerprint density at radius 2 is 1.61 bits per heavy atom. The van der Waals surface area contributed by atoms with Crippen LogP contribution >= 0.6 is 0 Å². The van der Waals surface area contributed by atoms with Crippen molar-refractivity contribution in [3.05, 3.63) is 95.1 Å². The first-order valence-corrected chi connectivity index (χ1v) is 10.7. The number of carbonyl (C=O) groups is 2. The number of fused-ring (bicyclic) bond motifs is 1. The molecular weight excluding hydrogens is 418 g/mol. The van der Waals surface area contributed by atoms with Crippen LogP contribution < -0.4 is 0 Å². The standard InChI is InChI=1S/C25H25N5O3/c1-18-15-19(2)30-25(26-18)27-23(28-30)24(32)33-17-22(31)29(16-21-11-7-4-8-12-21)14-13-20-9-5-3-6-10-20/h3-12,15H,13-14,16-17H2,1-2H3. The van der Waals surface area contributed by atoms with E-state index in [0.717, 1.165) is 22.5 Å². The average Bonchev–Trinajstić information content (AvgIpc) is 3.26. The number of benzene rings is 2. The molecule has 8 nitrogen and oxygen atoms in total. The Morgan fingerprint density at radius 1 is 0.939 bits per heavy atom. The number of hydrogen-bond acceptors (Lipinski definition) is 6. The summed E-state index contributed by atoms with van der Waals surface area (Å²) in [5.41, 5.74) is 3.71. The second kappa shape index (κ2) is 10.0. The quantitative estimate of drug-likeness (QED) is 0.389. The number of aryl methyl sites for hydroxylation is 2. The van der Waals surface area contributed by atoms with Gasteiger partial charge in [0.05, 0.1) is 0 Å². The van der Waals surface area contributed by atoms with Gasteiger partial charge in [-0.2, -0.15) is 4.98 Å². The van der Waals surface area contributed by atoms with Gasteiger partial charge in [0, 0.05) is 24.5 Å². The number of ether oxygens (including phenoxy) is 1. The van der Waals surface area contributed by atoms with Gasteiger partial charge in [0.15, 0.2) is 6.61 Å². The Hall–Kier alpha value is -4.07. The van der Waals surface area contributed by atoms with Gasteiger partial charge in [0.1, 0.15) is 0 Å². The van der Waals surface area contributed by atoms with Crippen LogP contribution in [0.1, 0.15) is 33.1 Å². The van der Waals surface area contributed by atoms with Crippen molar-refractivity contribution in [2.24, 2.45) is 0 Å². The summed E-state index contributed by atoms with van der Waals surface area (Å²) in [4.78, 5) is 35.6. The lowest BCUT2D eigenvalue weighted by Gasteiger charge is -2.23. The third-order valence-electron chi connectivity index (χ3n) is 5.21. The Balaban J connectivity index is 1.43. The van der Waals surface area contributed by atoms with Crippen LogP contribution in [0.4, 0.5) is 0 Å². The molecule has 0 radical (unpaired) electrons. The molecule has 168 valence electrons. The Labute approximate surface area is 191 Å². The van der Waals surface area contributed by atoms with Crippen molar-refractivity contribution in [2.45, 2.75) is 26.8 Å². The maximum Gasteiger partial charge on any atom is 0.378 e. The molecule has 0 N–H and O–H groups in total. The fourth-order valence-corrected chi connectivity index (χ4v) is 3.54. The second-order valence-electron chi connectivity index (χ2n) is 7.80. The van der Waals surface area contributed by atoms with Gasteiger partial charge in [0.2, 0.25) is 0 Å². The SMILES string of the molecule is Cc1cc(C)n2nc(C(=O)OCC(=O)N(CCc3ccccc3)Cc3ccccc3)nc2n1. The van der Waals surface area contributed by atoms with Crippen LogP contribution in [0.5, 0.6) is 0 Å². The molecule has 2 aromatic heterocycles. The number of aromatic nitrogens is 4. The van der Waals surface area contributed by atoms with Gasteiger partial charge >= 0.3 is 5.97 Å². The molecule has 0 bridgehead atoms. The minimum absolute atomic E-state index is 0.122. The second-order valence-corrected chi connectivity index (χ2v) is 7.80. The highest BCUT2D eigenvalue weighted by molar-refractivity contribution is 5.88. The van der Waals surface area contributed by atoms with E-state index >= 15 is 0 Å². The number of rotatable bonds is 8. The summed E-state index contributed by atoms with van der Waals surface area (Å²) in [7, 11) is 0. The summed E-state index contributed by atoms with van der Waals surface area (Å²) in [6.07, 6.45) is 0.700. The van der Waals surface area contributed by atoms with Crippen molar-refractivity contribution in [2.75, 3.05) is 13.2 Å². The van der Waals surface area contributed by atoms with E-state index < -0.39 is 5.97 Å². The van der Waals surface area contributed by atoms with E-state index in [0.29, 0.717) is 25.3 Å². The fourth-order valence-electron chi connectivity index (χ4n) is 3.54. The summed E-state index contributed by atoms with van der Waals surface area (Å²) in [6, 6.07) is 21.5. The van der Waals surface area contributed by atoms with Crippen molar-refractivity contribution in [3.8, 4) is 0 Å². The molecule has 4 aromatic rings. The van der Waals surface area contributed by atoms with Crippen LogP contribution in [0, 0.1) is 13.8 Å². The van der Waals surface area contributed by atoms with Crippen LogP contribution in [-0.4, -0.2) is 49.5 Å². The first-order chi connectivity index (χ1) is 16.0. The molecule has 8 heteroatoms. The third kappa shape index (κ3) is 5.60. The van der Waals surface area contributed by atoms with E-state index in [9.17, 15) is 9.59 Å². The van der Waals surface area contributed by atoms with Gasteiger partial charge in [-0.25, -0.2) is 14.3 Å². The molecule has 0 saturated carbocycles. The molecule has 0 unspecified atom stereocenters. The molecule has 1 amide bonds. The van der Waals surface area contributed by atoms with Crippen LogP contribution in [0.3, 0.4) is 0 Å². The molecule has 0 saturated heterocycles. The van der Waals surface area contributed by atoms with Crippen LogP contribution in [0.25, 0.3) is 5.78 Å². The van der Waals surface area contributed by atoms with Crippen LogP contribution in [0.15, 0.2) is 66.7 Å². The first kappa shape index (κ1) is 22.1. The minimum atomic E-state index is -0.756. The number of hydrogen-bond donors (Lipinski definition) is 0. The van der Waals surface area contributed by atoms with E-state index in [1.54, 1.807) is 4.90 Å². The molecular formula is C25H25N5O3. The molecule has 0 aliphatic heterocycles. The molecule has 0 fully saturated rings. The molecule has 4 rings (SSSR count). The molecule has 0 aliphatic rings. The van der Waals surface area contributed by atoms with E-state index in [2.05, 4.69) is 15.1 Å². The zero-order valence-electron chi connectivity index (χ0n) is 18.6. The van der Waals surface area contributed by atoms with Crippen LogP contribution in [-0.2, 0) is 22.5 Å². The third-order valence-corrected chi connectivity index (χ3v) is 5.21. The molecule has 2 aromatic carbocycles. The van der Waals surface area contributed by atoms with Crippen molar-refractivity contribution >= 4 is 17.7 Å². The number of nitrogens with zero attached hydrogens (tertiary/aromatic N) is 5. The molecule has 0 atom stereocenters. The van der Waals surface area contributed by atoms with E-state index in [4.69, 9.17) is 4.74 Å². The van der Waals surface area contributed by atoms with Gasteiger partial charge in [-0.1, -0.05) is 60.7 Å². The normalized spacial score (nSPS) is 10.8. The fraction of sp³-hybridized carbons (Fsp3) is 0.240. The lowest BCUT2D eigenvalue weighted by atomic mass is 10.1. The summed E-state index contributed by atoms with van der Waals surface area (Å²) >= 11 is 0. The maximum atomic E-state index is 13.0. The Kier molecular flexibility index (Phi) is 6.73. The Morgan fingerprint density at radius 3 is 2.30 bits per heavy atom. The van der Waals surface area contributed by atoms with E-state index in [-0.39, 0.29) is 18.3 Å². The number of amides is 1. The zero-order chi connectivity index (χ0) is 23.2. The summed E-state index contributed by atoms with van der Waals surface area (Å²) < 4.78 is 6.74. The predicted octanol–water partition coefficient (Wildman–Crippen LogP) is 3.17. The topological polar surface area (TPSA) is 89.7 Å². The number of esters is 1. The highest BCUT2D eigenvalue weighted by atomic mass is 16.5. The highest BCUT2D eigenvalue weighted by Crippen LogP contribution is 2.10. The molecule has 0 aliphatic carbocycles. The van der Waals surface area contributed by atoms with Crippen molar-refractivity contribution in [1.82, 2.24) is 24.5 Å². The monoisotopic (exact) mass is 443 g/mol. The van der Waals surface area contributed by atoms with Crippen molar-refractivity contribution < 1.29 is 14.3 Å². The lowest BCUT2D eigenvalue weighted by molar-refractivity contribution is -0.135. The van der Waals surface area contributed by atoms with E-state index in [1.165, 1.54) is 4.52 Å². The molecule has 0 spiro atoms. The lowest BCUT2D eigenvalue weighted by Crippen LogP contribution is -2.36. The molecule has 33 heavy (non-hydrogen) atoms. The summed E-state index contributed by atoms with van der Waals surface area (Å²) in [6.45, 7) is 4.24. The van der Waals surface area contributed by atoms with E-state index in [1.807, 2.05) is 80.6 Å². The first-order valence-electron chi connectivity index (χ1n) is 10.7. The summed E-state index contributed by atoms with van der Waals surface area (Å²) in [5, 5.41) is 4.16. The summed E-state index contributed by atoms with van der Waals surface area (Å²) in [5.74, 6) is -0.840. The number of carbonyl (C=O) groups excluding carboxylic acids is 2. The zero-order valence-corrected chi connectivity index (χ0v) is 18.6. The minimum Gasteiger partial charge on any atom is -0.450 e. The Bertz CT molecular complexity index is 1260. The van der Waals surface area contributed by atoms with Crippen molar-refractivity contribution in [3.63, 3.8) is 0 Å². The predicted molar refractivity (Wildman–Crippen MR) is 123 cm³/mol. The van der Waals surface area contributed by atoms with Gasteiger partial charge in [0.25, 0.3) is 17.5 Å². The van der Waals surface area contributed by atoms with Crippen molar-refractivity contribution in [1.29, 1.82) is 0 Å².